The molecule has 0 aliphatic carbocycles. The Morgan fingerprint density at radius 1 is 0.760 bits per heavy atom. The van der Waals surface area contributed by atoms with Crippen LogP contribution < -0.4 is 5.32 Å². The van der Waals surface area contributed by atoms with Crippen LogP contribution in [0.15, 0.2) is 0 Å². The topological polar surface area (TPSA) is 21.3 Å². The summed E-state index contributed by atoms with van der Waals surface area (Å²) in [6, 6.07) is 0.709. The van der Waals surface area contributed by atoms with Crippen LogP contribution in [0.25, 0.3) is 0 Å². The fourth-order valence-corrected chi connectivity index (χ4v) is 3.67. The Bertz CT molecular complexity index is 282. The fraction of sp³-hybridized carbons (Fsp3) is 0.905. The number of hydrogen-bond acceptors (Lipinski definition) is 2. The summed E-state index contributed by atoms with van der Waals surface area (Å²) in [5, 5.41) is 3.47. The van der Waals surface area contributed by atoms with Crippen molar-refractivity contribution in [3.63, 3.8) is 0 Å². The van der Waals surface area contributed by atoms with Gasteiger partial charge < -0.3 is 10.1 Å². The van der Waals surface area contributed by atoms with Crippen molar-refractivity contribution in [1.82, 2.24) is 5.32 Å². The molecule has 2 aliphatic rings. The van der Waals surface area contributed by atoms with Crippen LogP contribution in [0, 0.1) is 48.7 Å². The summed E-state index contributed by atoms with van der Waals surface area (Å²) in [5.41, 5.74) is 0. The van der Waals surface area contributed by atoms with Crippen molar-refractivity contribution in [3.05, 3.63) is 13.2 Å². The monoisotopic (exact) mass is 693 g/mol. The van der Waals surface area contributed by atoms with Gasteiger partial charge in [0.05, 0.1) is 0 Å². The smallest absolute Gasteiger partial charge is 0.0256 e. The number of hydrogen-bond donors (Lipinski definition) is 1. The van der Waals surface area contributed by atoms with Gasteiger partial charge in [-0.3, -0.25) is 6.54 Å². The van der Waals surface area contributed by atoms with Crippen molar-refractivity contribution in [1.29, 1.82) is 0 Å². The molecule has 8 unspecified atom stereocenters. The Labute approximate surface area is 187 Å². The van der Waals surface area contributed by atoms with Gasteiger partial charge in [-0.25, -0.2) is 6.61 Å². The van der Waals surface area contributed by atoms with Crippen molar-refractivity contribution >= 4 is 0 Å². The minimum atomic E-state index is 0. The van der Waals surface area contributed by atoms with Crippen LogP contribution in [-0.4, -0.2) is 12.1 Å². The zero-order chi connectivity index (χ0) is 16.9. The zero-order valence-electron chi connectivity index (χ0n) is 16.9. The van der Waals surface area contributed by atoms with Crippen molar-refractivity contribution < 1.29 is 46.9 Å². The van der Waals surface area contributed by atoms with E-state index in [1.54, 1.807) is 0 Å². The number of rotatable bonds is 2. The minimum Gasteiger partial charge on any atom is -0.549 e. The second-order valence-electron chi connectivity index (χ2n) is 7.72. The molecule has 2 heterocycles. The first-order valence-electron chi connectivity index (χ1n) is 9.41. The van der Waals surface area contributed by atoms with E-state index in [-0.39, 0.29) is 49.6 Å². The minimum absolute atomic E-state index is 0. The summed E-state index contributed by atoms with van der Waals surface area (Å²) in [6.45, 7) is 22.6. The van der Waals surface area contributed by atoms with Gasteiger partial charge in [0.15, 0.2) is 0 Å². The molecule has 25 heavy (non-hydrogen) atoms. The van der Waals surface area contributed by atoms with E-state index in [4.69, 9.17) is 4.74 Å². The van der Waals surface area contributed by atoms with Gasteiger partial charge >= 0.3 is 0 Å². The molecule has 152 valence electrons. The zero-order valence-corrected chi connectivity index (χ0v) is 22.8. The maximum atomic E-state index is 5.60. The molecule has 0 aromatic heterocycles. The molecule has 2 nitrogen and oxygen atoms in total. The van der Waals surface area contributed by atoms with Crippen molar-refractivity contribution in [2.45, 2.75) is 87.8 Å². The third-order valence-corrected chi connectivity index (χ3v) is 6.42. The van der Waals surface area contributed by atoms with E-state index in [1.807, 2.05) is 6.61 Å². The third kappa shape index (κ3) is 8.89. The molecule has 2 rings (SSSR count). The predicted octanol–water partition coefficient (Wildman–Crippen LogP) is 5.93. The molecule has 1 N–H and O–H groups in total. The molecular formula is C21H43NOW2-2. The molecule has 0 spiro atoms. The van der Waals surface area contributed by atoms with E-state index in [9.17, 15) is 0 Å². The van der Waals surface area contributed by atoms with Crippen LogP contribution in [0.4, 0.5) is 0 Å². The van der Waals surface area contributed by atoms with Crippen LogP contribution in [-0.2, 0) is 46.9 Å². The van der Waals surface area contributed by atoms with Crippen LogP contribution in [0.3, 0.4) is 0 Å². The van der Waals surface area contributed by atoms with Gasteiger partial charge in [-0.2, -0.15) is 5.92 Å². The molecule has 2 fully saturated rings. The van der Waals surface area contributed by atoms with Crippen molar-refractivity contribution in [2.24, 2.45) is 35.5 Å². The Balaban J connectivity index is -0.000000346. The van der Waals surface area contributed by atoms with E-state index < -0.39 is 0 Å². The Kier molecular flexibility index (Phi) is 18.9. The number of nitrogens with one attached hydrogen (secondary N) is 1. The van der Waals surface area contributed by atoms with E-state index in [2.05, 4.69) is 67.3 Å². The molecule has 2 aliphatic heterocycles. The SMILES string of the molecule is C.CCC1N[CH-]C(C)C(C)C1C.CCC1O[CH-]C(C)C(C)C1C.[W].[W]. The van der Waals surface area contributed by atoms with Crippen molar-refractivity contribution in [2.75, 3.05) is 0 Å². The molecule has 0 saturated carbocycles. The van der Waals surface area contributed by atoms with Crippen molar-refractivity contribution in [3.8, 4) is 0 Å². The largest absolute Gasteiger partial charge is 0.549 e. The standard InChI is InChI=1S/C10H20N.C10H19O.CH4.2W/c2*1-5-10-9(4)8(3)7(2)6-11-10;;;/h6-11H,5H2,1-4H3;6-10H,5H2,1-4H3;1H4;;/q2*-1;;;. The van der Waals surface area contributed by atoms with E-state index >= 15 is 0 Å². The second kappa shape index (κ2) is 15.2. The molecule has 2 saturated heterocycles. The third-order valence-electron chi connectivity index (χ3n) is 6.42. The predicted molar refractivity (Wildman–Crippen MR) is 103 cm³/mol. The molecule has 0 aromatic rings. The normalized spacial score (nSPS) is 40.3. The molecule has 4 heteroatoms. The molecule has 0 aromatic carbocycles. The van der Waals surface area contributed by atoms with E-state index in [1.165, 1.54) is 6.42 Å². The van der Waals surface area contributed by atoms with Gasteiger partial charge in [-0.05, 0) is 30.7 Å². The summed E-state index contributed by atoms with van der Waals surface area (Å²) in [7, 11) is 0. The number of ether oxygens (including phenoxy) is 1. The Morgan fingerprint density at radius 2 is 1.28 bits per heavy atom. The second-order valence-corrected chi connectivity index (χ2v) is 7.72. The van der Waals surface area contributed by atoms with Gasteiger partial charge in [0.1, 0.15) is 0 Å². The molecule has 8 atom stereocenters. The molecule has 0 amide bonds. The summed E-state index contributed by atoms with van der Waals surface area (Å²) >= 11 is 0. The first kappa shape index (κ1) is 31.0. The average molecular weight is 693 g/mol. The fourth-order valence-electron chi connectivity index (χ4n) is 3.67. The summed E-state index contributed by atoms with van der Waals surface area (Å²) in [6.07, 6.45) is 2.84. The van der Waals surface area contributed by atoms with Gasteiger partial charge in [-0.15, -0.1) is 5.92 Å². The van der Waals surface area contributed by atoms with Crippen LogP contribution in [0.5, 0.6) is 0 Å². The first-order chi connectivity index (χ1) is 10.3. The number of piperidine rings is 1. The molecular weight excluding hydrogens is 650 g/mol. The Morgan fingerprint density at radius 3 is 1.76 bits per heavy atom. The molecule has 0 bridgehead atoms. The first-order valence-corrected chi connectivity index (χ1v) is 9.41. The van der Waals surface area contributed by atoms with E-state index in [0.29, 0.717) is 24.0 Å². The van der Waals surface area contributed by atoms with E-state index in [0.717, 1.165) is 30.1 Å². The molecule has 0 radical (unpaired) electrons. The summed E-state index contributed by atoms with van der Waals surface area (Å²) < 4.78 is 5.60. The van der Waals surface area contributed by atoms with Crippen LogP contribution >= 0.6 is 0 Å². The average Bonchev–Trinajstić information content (AvgIpc) is 2.51. The maximum absolute atomic E-state index is 5.60. The van der Waals surface area contributed by atoms with Gasteiger partial charge in [0.2, 0.25) is 0 Å². The van der Waals surface area contributed by atoms with Crippen LogP contribution in [0.1, 0.15) is 75.7 Å². The summed E-state index contributed by atoms with van der Waals surface area (Å²) in [5.74, 6) is 4.48. The van der Waals surface area contributed by atoms with Gasteiger partial charge in [0, 0.05) is 48.2 Å². The van der Waals surface area contributed by atoms with Gasteiger partial charge in [-0.1, -0.05) is 74.7 Å². The maximum Gasteiger partial charge on any atom is 0.0256 e. The summed E-state index contributed by atoms with van der Waals surface area (Å²) in [4.78, 5) is 0. The van der Waals surface area contributed by atoms with Crippen LogP contribution in [0.2, 0.25) is 0 Å². The Hall–Kier alpha value is 1.30. The van der Waals surface area contributed by atoms with Gasteiger partial charge in [0.25, 0.3) is 0 Å². The quantitative estimate of drug-likeness (QED) is 0.363.